The average molecular weight is 131 g/mol. The molecule has 0 aromatic rings. The van der Waals surface area contributed by atoms with E-state index in [1.807, 2.05) is 0 Å². The minimum absolute atomic E-state index is 0.250. The molecular weight excluding hydrogens is 122 g/mol. The lowest BCUT2D eigenvalue weighted by molar-refractivity contribution is -0.135. The van der Waals surface area contributed by atoms with Crippen molar-refractivity contribution in [3.05, 3.63) is 12.8 Å². The molecular formula is C5H9NO3. The van der Waals surface area contributed by atoms with Gasteiger partial charge in [0.05, 0.1) is 6.26 Å². The molecule has 0 rings (SSSR count). The molecule has 4 heteroatoms. The molecule has 0 atom stereocenters. The van der Waals surface area contributed by atoms with Crippen LogP contribution in [0.3, 0.4) is 0 Å². The van der Waals surface area contributed by atoms with Crippen molar-refractivity contribution in [1.82, 2.24) is 0 Å². The van der Waals surface area contributed by atoms with Crippen LogP contribution in [0.25, 0.3) is 0 Å². The van der Waals surface area contributed by atoms with Gasteiger partial charge in [-0.2, -0.15) is 0 Å². The van der Waals surface area contributed by atoms with Crippen molar-refractivity contribution in [3.8, 4) is 0 Å². The van der Waals surface area contributed by atoms with Crippen molar-refractivity contribution in [3.63, 3.8) is 0 Å². The van der Waals surface area contributed by atoms with Gasteiger partial charge in [-0.3, -0.25) is 9.59 Å². The summed E-state index contributed by atoms with van der Waals surface area (Å²) in [5.74, 6) is -0.329. The number of carbonyl (C=O) groups is 2. The first-order valence-corrected chi connectivity index (χ1v) is 2.12. The minimum atomic E-state index is -0.329. The van der Waals surface area contributed by atoms with E-state index in [2.05, 4.69) is 17.0 Å². The van der Waals surface area contributed by atoms with Crippen molar-refractivity contribution >= 4 is 12.4 Å². The molecule has 0 radical (unpaired) electrons. The zero-order valence-corrected chi connectivity index (χ0v) is 5.16. The number of nitrogens with two attached hydrogens (primary N) is 1. The fourth-order valence-corrected chi connectivity index (χ4v) is 0.117. The Bertz CT molecular complexity index is 100. The van der Waals surface area contributed by atoms with E-state index < -0.39 is 0 Å². The number of amides is 1. The zero-order valence-electron chi connectivity index (χ0n) is 5.16. The van der Waals surface area contributed by atoms with Crippen LogP contribution >= 0.6 is 0 Å². The van der Waals surface area contributed by atoms with Crippen LogP contribution in [0, 0.1) is 0 Å². The Hall–Kier alpha value is -1.32. The first kappa shape index (κ1) is 10.6. The number of esters is 1. The van der Waals surface area contributed by atoms with Crippen molar-refractivity contribution < 1.29 is 14.3 Å². The molecule has 52 valence electrons. The van der Waals surface area contributed by atoms with E-state index in [-0.39, 0.29) is 12.4 Å². The minimum Gasteiger partial charge on any atom is -0.435 e. The topological polar surface area (TPSA) is 69.4 Å². The van der Waals surface area contributed by atoms with Gasteiger partial charge in [0.15, 0.2) is 0 Å². The molecule has 0 spiro atoms. The van der Waals surface area contributed by atoms with Crippen LogP contribution in [-0.2, 0) is 14.3 Å². The van der Waals surface area contributed by atoms with Crippen LogP contribution < -0.4 is 5.73 Å². The van der Waals surface area contributed by atoms with E-state index >= 15 is 0 Å². The first-order chi connectivity index (χ1) is 4.18. The van der Waals surface area contributed by atoms with Crippen LogP contribution in [0.1, 0.15) is 6.92 Å². The van der Waals surface area contributed by atoms with Gasteiger partial charge in [-0.1, -0.05) is 6.58 Å². The largest absolute Gasteiger partial charge is 0.435 e. The Morgan fingerprint density at radius 1 is 1.78 bits per heavy atom. The summed E-state index contributed by atoms with van der Waals surface area (Å²) in [6.45, 7) is 4.48. The lowest BCUT2D eigenvalue weighted by Crippen LogP contribution is -1.87. The molecule has 0 aromatic heterocycles. The highest BCUT2D eigenvalue weighted by Gasteiger charge is 1.79. The maximum absolute atomic E-state index is 9.75. The van der Waals surface area contributed by atoms with E-state index in [0.717, 1.165) is 6.26 Å². The first-order valence-electron chi connectivity index (χ1n) is 2.12. The van der Waals surface area contributed by atoms with E-state index in [1.165, 1.54) is 6.92 Å². The van der Waals surface area contributed by atoms with Gasteiger partial charge in [0.1, 0.15) is 0 Å². The van der Waals surface area contributed by atoms with Gasteiger partial charge >= 0.3 is 5.97 Å². The van der Waals surface area contributed by atoms with Crippen molar-refractivity contribution in [2.45, 2.75) is 6.92 Å². The summed E-state index contributed by atoms with van der Waals surface area (Å²) < 4.78 is 4.17. The van der Waals surface area contributed by atoms with Crippen LogP contribution in [0.4, 0.5) is 0 Å². The maximum atomic E-state index is 9.75. The fourth-order valence-electron chi connectivity index (χ4n) is 0.117. The second-order valence-corrected chi connectivity index (χ2v) is 0.912. The maximum Gasteiger partial charge on any atom is 0.307 e. The number of primary amides is 1. The zero-order chi connectivity index (χ0) is 7.70. The van der Waals surface area contributed by atoms with Crippen LogP contribution in [0.2, 0.25) is 0 Å². The Morgan fingerprint density at radius 2 is 2.11 bits per heavy atom. The predicted octanol–water partition coefficient (Wildman–Crippen LogP) is -0.206. The molecule has 9 heavy (non-hydrogen) atoms. The van der Waals surface area contributed by atoms with Gasteiger partial charge in [-0.15, -0.1) is 0 Å². The Kier molecular flexibility index (Phi) is 11.6. The molecule has 1 amide bonds. The Labute approximate surface area is 53.3 Å². The summed E-state index contributed by atoms with van der Waals surface area (Å²) >= 11 is 0. The highest BCUT2D eigenvalue weighted by molar-refractivity contribution is 5.66. The van der Waals surface area contributed by atoms with Crippen LogP contribution in [0.5, 0.6) is 0 Å². The summed E-state index contributed by atoms with van der Waals surface area (Å²) in [6, 6.07) is 0. The van der Waals surface area contributed by atoms with E-state index in [1.54, 1.807) is 0 Å². The SMILES string of the molecule is C=COC(C)=O.NC=O. The predicted molar refractivity (Wildman–Crippen MR) is 32.2 cm³/mol. The molecule has 2 N–H and O–H groups in total. The summed E-state index contributed by atoms with van der Waals surface area (Å²) in [7, 11) is 0. The van der Waals surface area contributed by atoms with Gasteiger partial charge in [0.25, 0.3) is 0 Å². The van der Waals surface area contributed by atoms with Crippen LogP contribution in [0.15, 0.2) is 12.8 Å². The van der Waals surface area contributed by atoms with Gasteiger partial charge in [-0.05, 0) is 0 Å². The third kappa shape index (κ3) is 51.8. The molecule has 0 aliphatic rings. The second-order valence-electron chi connectivity index (χ2n) is 0.912. The van der Waals surface area contributed by atoms with Gasteiger partial charge in [0, 0.05) is 6.92 Å². The smallest absolute Gasteiger partial charge is 0.307 e. The molecule has 0 fully saturated rings. The average Bonchev–Trinajstić information content (AvgIpc) is 1.67. The normalized spacial score (nSPS) is 5.89. The lowest BCUT2D eigenvalue weighted by Gasteiger charge is -1.83. The second kappa shape index (κ2) is 9.84. The number of hydrogen-bond acceptors (Lipinski definition) is 3. The summed E-state index contributed by atoms with van der Waals surface area (Å²) in [4.78, 5) is 18.3. The highest BCUT2D eigenvalue weighted by atomic mass is 16.5. The third-order valence-electron chi connectivity index (χ3n) is 0.249. The molecule has 0 bridgehead atoms. The highest BCUT2D eigenvalue weighted by Crippen LogP contribution is 1.70. The molecule has 4 nitrogen and oxygen atoms in total. The Balaban J connectivity index is 0. The van der Waals surface area contributed by atoms with Gasteiger partial charge in [-0.25, -0.2) is 0 Å². The van der Waals surface area contributed by atoms with Crippen molar-refractivity contribution in [2.75, 3.05) is 0 Å². The van der Waals surface area contributed by atoms with E-state index in [9.17, 15) is 4.79 Å². The lowest BCUT2D eigenvalue weighted by atomic mass is 10.8. The van der Waals surface area contributed by atoms with Gasteiger partial charge in [0.2, 0.25) is 6.41 Å². The monoisotopic (exact) mass is 131 g/mol. The van der Waals surface area contributed by atoms with E-state index in [4.69, 9.17) is 4.79 Å². The standard InChI is InChI=1S/C4H6O2.CH3NO/c1-3-6-4(2)5;2-1-3/h3H,1H2,2H3;1H,(H2,2,3). The fraction of sp³-hybridized carbons (Fsp3) is 0.200. The molecule has 0 saturated carbocycles. The molecule has 0 unspecified atom stereocenters. The van der Waals surface area contributed by atoms with Crippen molar-refractivity contribution in [1.29, 1.82) is 0 Å². The molecule has 0 heterocycles. The van der Waals surface area contributed by atoms with E-state index in [0.29, 0.717) is 0 Å². The quantitative estimate of drug-likeness (QED) is 0.304. The third-order valence-corrected chi connectivity index (χ3v) is 0.249. The molecule has 0 aliphatic carbocycles. The summed E-state index contributed by atoms with van der Waals surface area (Å²) in [5, 5.41) is 0. The molecule has 0 aromatic carbocycles. The number of carbonyl (C=O) groups excluding carboxylic acids is 2. The number of rotatable bonds is 1. The number of hydrogen-bond donors (Lipinski definition) is 1. The molecule has 0 saturated heterocycles. The van der Waals surface area contributed by atoms with Crippen LogP contribution in [-0.4, -0.2) is 12.4 Å². The number of ether oxygens (including phenoxy) is 1. The van der Waals surface area contributed by atoms with Crippen molar-refractivity contribution in [2.24, 2.45) is 5.73 Å². The summed E-state index contributed by atoms with van der Waals surface area (Å²) in [5.41, 5.74) is 4.17. The summed E-state index contributed by atoms with van der Waals surface area (Å²) in [6.07, 6.45) is 1.35. The Morgan fingerprint density at radius 3 is 2.11 bits per heavy atom. The van der Waals surface area contributed by atoms with Gasteiger partial charge < -0.3 is 10.5 Å². The molecule has 0 aliphatic heterocycles.